The van der Waals surface area contributed by atoms with Gasteiger partial charge in [0, 0.05) is 27.2 Å². The molecular formula is C14H21N3O4S2. The lowest BCUT2D eigenvalue weighted by Crippen LogP contribution is -2.46. The Morgan fingerprint density at radius 3 is 2.78 bits per heavy atom. The van der Waals surface area contributed by atoms with Gasteiger partial charge in [-0.25, -0.2) is 8.42 Å². The van der Waals surface area contributed by atoms with E-state index in [0.717, 1.165) is 0 Å². The fraction of sp³-hybridized carbons (Fsp3) is 0.571. The topological polar surface area (TPSA) is 86.8 Å². The summed E-state index contributed by atoms with van der Waals surface area (Å²) in [5.74, 6) is -0.892. The predicted molar refractivity (Wildman–Crippen MR) is 87.5 cm³/mol. The van der Waals surface area contributed by atoms with Gasteiger partial charge in [0.25, 0.3) is 10.0 Å². The van der Waals surface area contributed by atoms with Gasteiger partial charge in [-0.1, -0.05) is 6.07 Å². The standard InChI is InChI=1S/C14H21N3O4S2/c1-16(2)12(18)9-15-14(19)11-5-3-7-17(10-11)23(20,21)13-6-4-8-22-13/h4,6,8,11H,3,5,7,9-10H2,1-2H3,(H,15,19)/t11-/m1/s1. The number of nitrogens with one attached hydrogen (secondary N) is 1. The van der Waals surface area contributed by atoms with Crippen LogP contribution in [0.5, 0.6) is 0 Å². The molecule has 1 aliphatic rings. The van der Waals surface area contributed by atoms with Crippen LogP contribution in [-0.2, 0) is 19.6 Å². The molecule has 7 nitrogen and oxygen atoms in total. The SMILES string of the molecule is CN(C)C(=O)CNC(=O)[C@@H]1CCCN(S(=O)(=O)c2cccs2)C1. The number of carbonyl (C=O) groups excluding carboxylic acids is 2. The highest BCUT2D eigenvalue weighted by atomic mass is 32.2. The number of rotatable bonds is 5. The molecular weight excluding hydrogens is 338 g/mol. The number of sulfonamides is 1. The maximum absolute atomic E-state index is 12.5. The summed E-state index contributed by atoms with van der Waals surface area (Å²) < 4.78 is 26.7. The molecule has 1 atom stereocenters. The van der Waals surface area contributed by atoms with Crippen molar-refractivity contribution in [2.45, 2.75) is 17.1 Å². The first-order valence-corrected chi connectivity index (χ1v) is 9.66. The van der Waals surface area contributed by atoms with Crippen LogP contribution in [0.15, 0.2) is 21.7 Å². The van der Waals surface area contributed by atoms with Crippen molar-refractivity contribution in [3.63, 3.8) is 0 Å². The number of nitrogens with zero attached hydrogens (tertiary/aromatic N) is 2. The molecule has 1 aromatic heterocycles. The van der Waals surface area contributed by atoms with Crippen molar-refractivity contribution in [1.82, 2.24) is 14.5 Å². The zero-order valence-electron chi connectivity index (χ0n) is 13.2. The predicted octanol–water partition coefficient (Wildman–Crippen LogP) is 0.353. The molecule has 1 fully saturated rings. The normalized spacial score (nSPS) is 19.3. The van der Waals surface area contributed by atoms with Crippen molar-refractivity contribution in [1.29, 1.82) is 0 Å². The first-order chi connectivity index (χ1) is 10.8. The summed E-state index contributed by atoms with van der Waals surface area (Å²) in [7, 11) is -0.302. The lowest BCUT2D eigenvalue weighted by molar-refractivity contribution is -0.132. The van der Waals surface area contributed by atoms with Crippen LogP contribution in [0.25, 0.3) is 0 Å². The smallest absolute Gasteiger partial charge is 0.252 e. The fourth-order valence-electron chi connectivity index (χ4n) is 2.38. The largest absolute Gasteiger partial charge is 0.347 e. The second-order valence-corrected chi connectivity index (χ2v) is 8.75. The zero-order valence-corrected chi connectivity index (χ0v) is 14.8. The summed E-state index contributed by atoms with van der Waals surface area (Å²) in [6.45, 7) is 0.503. The van der Waals surface area contributed by atoms with Crippen LogP contribution >= 0.6 is 11.3 Å². The van der Waals surface area contributed by atoms with Crippen molar-refractivity contribution >= 4 is 33.2 Å². The Kier molecular flexibility index (Phi) is 5.77. The highest BCUT2D eigenvalue weighted by Crippen LogP contribution is 2.26. The summed E-state index contributed by atoms with van der Waals surface area (Å²) in [6.07, 6.45) is 1.25. The van der Waals surface area contributed by atoms with E-state index in [4.69, 9.17) is 0 Å². The van der Waals surface area contributed by atoms with Gasteiger partial charge in [0.1, 0.15) is 4.21 Å². The monoisotopic (exact) mass is 359 g/mol. The van der Waals surface area contributed by atoms with E-state index in [1.54, 1.807) is 31.6 Å². The van der Waals surface area contributed by atoms with E-state index in [9.17, 15) is 18.0 Å². The highest BCUT2D eigenvalue weighted by Gasteiger charge is 2.33. The lowest BCUT2D eigenvalue weighted by Gasteiger charge is -2.30. The van der Waals surface area contributed by atoms with E-state index >= 15 is 0 Å². The average Bonchev–Trinajstić information content (AvgIpc) is 3.07. The van der Waals surface area contributed by atoms with E-state index in [1.807, 2.05) is 0 Å². The Morgan fingerprint density at radius 2 is 2.17 bits per heavy atom. The van der Waals surface area contributed by atoms with Crippen LogP contribution in [0, 0.1) is 5.92 Å². The van der Waals surface area contributed by atoms with Crippen LogP contribution in [-0.4, -0.2) is 63.2 Å². The summed E-state index contributed by atoms with van der Waals surface area (Å²) in [6, 6.07) is 3.26. The summed E-state index contributed by atoms with van der Waals surface area (Å²) in [5.41, 5.74) is 0. The Bertz CT molecular complexity index is 656. The Hall–Kier alpha value is -1.45. The number of thiophene rings is 1. The maximum Gasteiger partial charge on any atom is 0.252 e. The van der Waals surface area contributed by atoms with Crippen molar-refractivity contribution in [3.05, 3.63) is 17.5 Å². The van der Waals surface area contributed by atoms with Crippen molar-refractivity contribution in [2.75, 3.05) is 33.7 Å². The van der Waals surface area contributed by atoms with Crippen molar-refractivity contribution in [3.8, 4) is 0 Å². The molecule has 0 unspecified atom stereocenters. The van der Waals surface area contributed by atoms with Gasteiger partial charge in [0.15, 0.2) is 0 Å². The van der Waals surface area contributed by atoms with Gasteiger partial charge in [-0.2, -0.15) is 4.31 Å². The molecule has 0 bridgehead atoms. The van der Waals surface area contributed by atoms with Crippen LogP contribution in [0.1, 0.15) is 12.8 Å². The number of piperidine rings is 1. The van der Waals surface area contributed by atoms with Gasteiger partial charge in [-0.3, -0.25) is 9.59 Å². The number of amides is 2. The molecule has 0 radical (unpaired) electrons. The summed E-state index contributed by atoms with van der Waals surface area (Å²) >= 11 is 1.17. The number of hydrogen-bond acceptors (Lipinski definition) is 5. The Balaban J connectivity index is 1.98. The second kappa shape index (κ2) is 7.41. The third kappa shape index (κ3) is 4.30. The average molecular weight is 359 g/mol. The van der Waals surface area contributed by atoms with Crippen molar-refractivity contribution in [2.24, 2.45) is 5.92 Å². The van der Waals surface area contributed by atoms with Crippen LogP contribution < -0.4 is 5.32 Å². The van der Waals surface area contributed by atoms with Gasteiger partial charge < -0.3 is 10.2 Å². The molecule has 0 aromatic carbocycles. The number of likely N-dealkylation sites (N-methyl/N-ethyl adjacent to an activating group) is 1. The van der Waals surface area contributed by atoms with Crippen LogP contribution in [0.4, 0.5) is 0 Å². The molecule has 128 valence electrons. The third-order valence-corrected chi connectivity index (χ3v) is 6.99. The molecule has 0 aliphatic carbocycles. The molecule has 0 spiro atoms. The van der Waals surface area contributed by atoms with E-state index in [1.165, 1.54) is 20.5 Å². The quantitative estimate of drug-likeness (QED) is 0.822. The minimum absolute atomic E-state index is 0.0694. The highest BCUT2D eigenvalue weighted by molar-refractivity contribution is 7.91. The first kappa shape index (κ1) is 17.9. The van der Waals surface area contributed by atoms with Gasteiger partial charge in [0.05, 0.1) is 12.5 Å². The van der Waals surface area contributed by atoms with Crippen molar-refractivity contribution < 1.29 is 18.0 Å². The van der Waals surface area contributed by atoms with Gasteiger partial charge >= 0.3 is 0 Å². The van der Waals surface area contributed by atoms with Crippen LogP contribution in [0.2, 0.25) is 0 Å². The second-order valence-electron chi connectivity index (χ2n) is 5.64. The van der Waals surface area contributed by atoms with E-state index in [-0.39, 0.29) is 24.9 Å². The minimum Gasteiger partial charge on any atom is -0.347 e. The molecule has 0 saturated carbocycles. The lowest BCUT2D eigenvalue weighted by atomic mass is 9.99. The molecule has 9 heteroatoms. The molecule has 1 aromatic rings. The zero-order chi connectivity index (χ0) is 17.0. The number of hydrogen-bond donors (Lipinski definition) is 1. The Labute approximate surface area is 140 Å². The molecule has 1 aliphatic heterocycles. The molecule has 1 N–H and O–H groups in total. The van der Waals surface area contributed by atoms with Gasteiger partial charge in [0.2, 0.25) is 11.8 Å². The molecule has 2 amide bonds. The van der Waals surface area contributed by atoms with E-state index < -0.39 is 15.9 Å². The Morgan fingerprint density at radius 1 is 1.43 bits per heavy atom. The molecule has 2 rings (SSSR count). The molecule has 23 heavy (non-hydrogen) atoms. The van der Waals surface area contributed by atoms with Crippen LogP contribution in [0.3, 0.4) is 0 Å². The fourth-order valence-corrected chi connectivity index (χ4v) is 5.05. The first-order valence-electron chi connectivity index (χ1n) is 7.34. The number of carbonyl (C=O) groups is 2. The van der Waals surface area contributed by atoms with Gasteiger partial charge in [-0.05, 0) is 24.3 Å². The van der Waals surface area contributed by atoms with Gasteiger partial charge in [-0.15, -0.1) is 11.3 Å². The van der Waals surface area contributed by atoms with E-state index in [2.05, 4.69) is 5.32 Å². The van der Waals surface area contributed by atoms with E-state index in [0.29, 0.717) is 23.6 Å². The molecule has 1 saturated heterocycles. The summed E-state index contributed by atoms with van der Waals surface area (Å²) in [5, 5.41) is 4.31. The third-order valence-electron chi connectivity index (χ3n) is 3.76. The maximum atomic E-state index is 12.5. The molecule has 2 heterocycles. The summed E-state index contributed by atoms with van der Waals surface area (Å²) in [4.78, 5) is 25.1. The minimum atomic E-state index is -3.53.